The van der Waals surface area contributed by atoms with E-state index in [1.807, 2.05) is 76.2 Å². The Morgan fingerprint density at radius 3 is 2.24 bits per heavy atom. The number of aliphatic hydroxyl groups excluding tert-OH is 1. The van der Waals surface area contributed by atoms with Gasteiger partial charge in [0.25, 0.3) is 0 Å². The molecule has 3 aromatic rings. The third-order valence-electron chi connectivity index (χ3n) is 7.60. The number of benzene rings is 3. The minimum atomic E-state index is -4.02. The lowest BCUT2D eigenvalue weighted by Gasteiger charge is -2.47. The third-order valence-corrected chi connectivity index (χ3v) is 9.44. The van der Waals surface area contributed by atoms with Crippen molar-refractivity contribution in [1.82, 2.24) is 9.62 Å². The number of carbonyl (C=O) groups is 1. The van der Waals surface area contributed by atoms with Gasteiger partial charge in [0.15, 0.2) is 0 Å². The van der Waals surface area contributed by atoms with Crippen molar-refractivity contribution in [1.29, 1.82) is 0 Å². The molecule has 3 aromatic carbocycles. The highest BCUT2D eigenvalue weighted by Crippen LogP contribution is 2.46. The quantitative estimate of drug-likeness (QED) is 0.326. The van der Waals surface area contributed by atoms with Crippen LogP contribution < -0.4 is 10.1 Å². The predicted octanol–water partition coefficient (Wildman–Crippen LogP) is 5.46. The zero-order chi connectivity index (χ0) is 30.7. The first kappa shape index (κ1) is 31.7. The fourth-order valence-corrected chi connectivity index (χ4v) is 7.15. The highest BCUT2D eigenvalue weighted by molar-refractivity contribution is 7.89. The molecule has 0 radical (unpaired) electrons. The van der Waals surface area contributed by atoms with Crippen LogP contribution in [0.3, 0.4) is 0 Å². The second-order valence-corrected chi connectivity index (χ2v) is 14.7. The molecule has 0 saturated heterocycles. The van der Waals surface area contributed by atoms with Gasteiger partial charge in [-0.25, -0.2) is 8.42 Å². The van der Waals surface area contributed by atoms with Gasteiger partial charge in [-0.2, -0.15) is 4.31 Å². The maximum absolute atomic E-state index is 14.3. The molecule has 1 aliphatic heterocycles. The summed E-state index contributed by atoms with van der Waals surface area (Å²) in [7, 11) is -4.02. The van der Waals surface area contributed by atoms with Crippen LogP contribution in [0, 0.1) is 5.41 Å². The number of rotatable bonds is 10. The van der Waals surface area contributed by atoms with Gasteiger partial charge in [-0.15, -0.1) is 0 Å². The smallest absolute Gasteiger partial charge is 0.243 e. The topological polar surface area (TPSA) is 95.9 Å². The van der Waals surface area contributed by atoms with Crippen LogP contribution in [0.4, 0.5) is 0 Å². The van der Waals surface area contributed by atoms with Crippen LogP contribution in [0.2, 0.25) is 0 Å². The second kappa shape index (κ2) is 12.6. The van der Waals surface area contributed by atoms with E-state index in [4.69, 9.17) is 4.74 Å². The zero-order valence-corrected chi connectivity index (χ0v) is 26.4. The Balaban J connectivity index is 1.68. The molecule has 1 amide bonds. The Labute approximate surface area is 251 Å². The molecule has 0 bridgehead atoms. The molecule has 2 atom stereocenters. The fraction of sp³-hybridized carbons (Fsp3) is 0.441. The van der Waals surface area contributed by atoms with Crippen LogP contribution in [-0.2, 0) is 34.1 Å². The Bertz CT molecular complexity index is 1480. The van der Waals surface area contributed by atoms with Gasteiger partial charge in [0, 0.05) is 18.7 Å². The maximum Gasteiger partial charge on any atom is 0.243 e. The molecule has 7 nitrogen and oxygen atoms in total. The van der Waals surface area contributed by atoms with E-state index in [2.05, 4.69) is 5.32 Å². The average molecular weight is 593 g/mol. The van der Waals surface area contributed by atoms with E-state index in [0.717, 1.165) is 24.0 Å². The summed E-state index contributed by atoms with van der Waals surface area (Å²) < 4.78 is 36.2. The summed E-state index contributed by atoms with van der Waals surface area (Å²) in [5.74, 6) is 0.370. The number of hydrogen-bond acceptors (Lipinski definition) is 5. The summed E-state index contributed by atoms with van der Waals surface area (Å²) in [6, 6.07) is 21.4. The Morgan fingerprint density at radius 1 is 0.976 bits per heavy atom. The monoisotopic (exact) mass is 592 g/mol. The van der Waals surface area contributed by atoms with Gasteiger partial charge >= 0.3 is 0 Å². The van der Waals surface area contributed by atoms with Gasteiger partial charge in [-0.05, 0) is 73.1 Å². The Hall–Kier alpha value is -3.20. The van der Waals surface area contributed by atoms with E-state index in [9.17, 15) is 18.3 Å². The fourth-order valence-electron chi connectivity index (χ4n) is 5.31. The van der Waals surface area contributed by atoms with E-state index in [-0.39, 0.29) is 23.8 Å². The molecule has 0 aromatic heterocycles. The highest BCUT2D eigenvalue weighted by Gasteiger charge is 2.49. The lowest BCUT2D eigenvalue weighted by molar-refractivity contribution is -0.120. The first-order valence-corrected chi connectivity index (χ1v) is 16.1. The SMILES string of the molecule is CCc1ccc(S(=O)(=O)N(CC(C)(C)C)C2c3cc(CC(=O)NCCc4ccccc4)ccc3OC(C)(C)C2O)cc1. The number of fused-ring (bicyclic) bond motifs is 1. The molecule has 4 rings (SSSR count). The molecule has 8 heteroatoms. The molecule has 2 unspecified atom stereocenters. The molecule has 42 heavy (non-hydrogen) atoms. The van der Waals surface area contributed by atoms with Gasteiger partial charge in [0.05, 0.1) is 17.4 Å². The standard InChI is InChI=1S/C34H44N2O5S/c1-7-24-13-16-27(17-14-24)42(39,40)36(23-33(2,3)4)31-28-21-26(15-18-29(28)41-34(5,6)32(31)38)22-30(37)35-20-19-25-11-9-8-10-12-25/h8-18,21,31-32,38H,7,19-20,22-23H2,1-6H3,(H,35,37). The van der Waals surface area contributed by atoms with Crippen LogP contribution in [0.15, 0.2) is 77.7 Å². The van der Waals surface area contributed by atoms with E-state index in [0.29, 0.717) is 23.4 Å². The average Bonchev–Trinajstić information content (AvgIpc) is 2.93. The van der Waals surface area contributed by atoms with E-state index in [1.54, 1.807) is 38.1 Å². The lowest BCUT2D eigenvalue weighted by Crippen LogP contribution is -2.55. The van der Waals surface area contributed by atoms with Gasteiger partial charge < -0.3 is 15.2 Å². The summed E-state index contributed by atoms with van der Waals surface area (Å²) in [6.45, 7) is 12.2. The van der Waals surface area contributed by atoms with Crippen molar-refractivity contribution in [3.05, 3.63) is 95.1 Å². The molecule has 0 saturated carbocycles. The Morgan fingerprint density at radius 2 is 1.62 bits per heavy atom. The molecule has 2 N–H and O–H groups in total. The van der Waals surface area contributed by atoms with E-state index in [1.165, 1.54) is 4.31 Å². The number of aryl methyl sites for hydroxylation is 1. The molecule has 1 aliphatic rings. The highest BCUT2D eigenvalue weighted by atomic mass is 32.2. The Kier molecular flexibility index (Phi) is 9.50. The van der Waals surface area contributed by atoms with Crippen molar-refractivity contribution in [2.45, 2.75) is 83.4 Å². The molecule has 226 valence electrons. The van der Waals surface area contributed by atoms with Crippen molar-refractivity contribution in [3.8, 4) is 5.75 Å². The van der Waals surface area contributed by atoms with Crippen LogP contribution in [0.1, 0.15) is 69.8 Å². The first-order chi connectivity index (χ1) is 19.7. The van der Waals surface area contributed by atoms with Crippen LogP contribution in [0.5, 0.6) is 5.75 Å². The maximum atomic E-state index is 14.3. The lowest BCUT2D eigenvalue weighted by atomic mass is 9.84. The molecular formula is C34H44N2O5S. The first-order valence-electron chi connectivity index (χ1n) is 14.6. The summed E-state index contributed by atoms with van der Waals surface area (Å²) in [5.41, 5.74) is 2.00. The van der Waals surface area contributed by atoms with Gasteiger partial charge in [0.1, 0.15) is 17.5 Å². The molecule has 0 fully saturated rings. The molecule has 1 heterocycles. The molecule has 0 aliphatic carbocycles. The molecule has 0 spiro atoms. The van der Waals surface area contributed by atoms with Gasteiger partial charge in [-0.3, -0.25) is 4.79 Å². The number of ether oxygens (including phenoxy) is 1. The summed E-state index contributed by atoms with van der Waals surface area (Å²) >= 11 is 0. The zero-order valence-electron chi connectivity index (χ0n) is 25.6. The van der Waals surface area contributed by atoms with Crippen molar-refractivity contribution < 1.29 is 23.1 Å². The number of sulfonamides is 1. The number of aliphatic hydroxyl groups is 1. The minimum Gasteiger partial charge on any atom is -0.485 e. The van der Waals surface area contributed by atoms with Crippen molar-refractivity contribution in [3.63, 3.8) is 0 Å². The summed E-state index contributed by atoms with van der Waals surface area (Å²) in [6.07, 6.45) is 0.493. The van der Waals surface area contributed by atoms with Crippen molar-refractivity contribution in [2.24, 2.45) is 5.41 Å². The number of hydrogen-bond donors (Lipinski definition) is 2. The van der Waals surface area contributed by atoms with Crippen LogP contribution >= 0.6 is 0 Å². The number of nitrogens with one attached hydrogen (secondary N) is 1. The number of carbonyl (C=O) groups excluding carboxylic acids is 1. The third kappa shape index (κ3) is 7.41. The van der Waals surface area contributed by atoms with E-state index >= 15 is 0 Å². The second-order valence-electron chi connectivity index (χ2n) is 12.8. The van der Waals surface area contributed by atoms with Gasteiger partial charge in [0.2, 0.25) is 15.9 Å². The van der Waals surface area contributed by atoms with E-state index < -0.39 is 33.2 Å². The normalized spacial score (nSPS) is 18.3. The number of nitrogens with zero attached hydrogens (tertiary/aromatic N) is 1. The summed E-state index contributed by atoms with van der Waals surface area (Å²) in [5, 5.41) is 14.7. The summed E-state index contributed by atoms with van der Waals surface area (Å²) in [4.78, 5) is 13.0. The predicted molar refractivity (Wildman–Crippen MR) is 166 cm³/mol. The van der Waals surface area contributed by atoms with Crippen LogP contribution in [-0.4, -0.2) is 48.5 Å². The van der Waals surface area contributed by atoms with Crippen LogP contribution in [0.25, 0.3) is 0 Å². The largest absolute Gasteiger partial charge is 0.485 e. The van der Waals surface area contributed by atoms with Crippen molar-refractivity contribution >= 4 is 15.9 Å². The minimum absolute atomic E-state index is 0.124. The van der Waals surface area contributed by atoms with Crippen molar-refractivity contribution in [2.75, 3.05) is 13.1 Å². The van der Waals surface area contributed by atoms with Gasteiger partial charge in [-0.1, -0.05) is 76.2 Å². The number of amides is 1. The molecular weight excluding hydrogens is 548 g/mol.